The van der Waals surface area contributed by atoms with E-state index in [1.54, 1.807) is 0 Å². The van der Waals surface area contributed by atoms with Gasteiger partial charge >= 0.3 is 0 Å². The molecule has 3 aromatic heterocycles. The molecular weight excluding hydrogens is 360 g/mol. The van der Waals surface area contributed by atoms with Crippen LogP contribution in [0.4, 0.5) is 0 Å². The van der Waals surface area contributed by atoms with Crippen molar-refractivity contribution in [1.29, 1.82) is 0 Å². The van der Waals surface area contributed by atoms with Crippen LogP contribution in [0.1, 0.15) is 57.1 Å². The normalized spacial score (nSPS) is 31.1. The fourth-order valence-electron chi connectivity index (χ4n) is 5.74. The Labute approximate surface area is 158 Å². The molecule has 6 nitrogen and oxygen atoms in total. The van der Waals surface area contributed by atoms with Gasteiger partial charge in [0.25, 0.3) is 0 Å². The minimum atomic E-state index is -2.89. The highest BCUT2D eigenvalue weighted by Crippen LogP contribution is 2.59. The van der Waals surface area contributed by atoms with Crippen LogP contribution in [0.5, 0.6) is 0 Å². The lowest BCUT2D eigenvalue weighted by Crippen LogP contribution is -2.47. The highest BCUT2D eigenvalue weighted by molar-refractivity contribution is 7.92. The fourth-order valence-corrected chi connectivity index (χ4v) is 8.12. The number of rotatable bonds is 4. The summed E-state index contributed by atoms with van der Waals surface area (Å²) in [5.41, 5.74) is 3.24. The first-order valence-corrected chi connectivity index (χ1v) is 11.7. The summed E-state index contributed by atoms with van der Waals surface area (Å²) >= 11 is 0. The largest absolute Gasteiger partial charge is 0.304 e. The van der Waals surface area contributed by atoms with Crippen LogP contribution < -0.4 is 0 Å². The van der Waals surface area contributed by atoms with Crippen molar-refractivity contribution in [3.05, 3.63) is 24.2 Å². The third kappa shape index (κ3) is 2.27. The summed E-state index contributed by atoms with van der Waals surface area (Å²) in [4.78, 5) is 8.79. The molecule has 4 aliphatic rings. The second-order valence-corrected chi connectivity index (χ2v) is 11.4. The molecule has 0 radical (unpaired) electrons. The second-order valence-electron chi connectivity index (χ2n) is 9.14. The van der Waals surface area contributed by atoms with Crippen molar-refractivity contribution >= 4 is 31.8 Å². The van der Waals surface area contributed by atoms with Crippen molar-refractivity contribution in [2.24, 2.45) is 5.41 Å². The van der Waals surface area contributed by atoms with Crippen molar-refractivity contribution < 1.29 is 8.42 Å². The quantitative estimate of drug-likeness (QED) is 0.719. The van der Waals surface area contributed by atoms with Gasteiger partial charge in [-0.1, -0.05) is 0 Å². The molecule has 2 N–H and O–H groups in total. The topological polar surface area (TPSA) is 91.5 Å². The predicted octanol–water partition coefficient (Wildman–Crippen LogP) is 3.61. The Bertz CT molecular complexity index is 1130. The number of pyridine rings is 1. The van der Waals surface area contributed by atoms with Gasteiger partial charge in [-0.15, -0.1) is 0 Å². The van der Waals surface area contributed by atoms with Crippen molar-refractivity contribution in [2.45, 2.75) is 62.0 Å². The molecule has 0 atom stereocenters. The third-order valence-corrected chi connectivity index (χ3v) is 10.1. The van der Waals surface area contributed by atoms with Gasteiger partial charge in [0.1, 0.15) is 0 Å². The lowest BCUT2D eigenvalue weighted by atomic mass is 9.53. The average molecular weight is 385 g/mol. The van der Waals surface area contributed by atoms with Crippen molar-refractivity contribution in [3.8, 4) is 0 Å². The molecular formula is C20H24N4O2S. The van der Waals surface area contributed by atoms with Gasteiger partial charge in [0.05, 0.1) is 22.7 Å². The molecule has 2 bridgehead atoms. The second kappa shape index (κ2) is 5.13. The summed E-state index contributed by atoms with van der Waals surface area (Å²) in [6.45, 7) is 0. The Morgan fingerprint density at radius 2 is 1.78 bits per heavy atom. The number of aromatic nitrogens is 4. The van der Waals surface area contributed by atoms with E-state index in [0.717, 1.165) is 67.9 Å². The Hall–Kier alpha value is -1.89. The van der Waals surface area contributed by atoms with Crippen LogP contribution in [-0.4, -0.2) is 39.6 Å². The van der Waals surface area contributed by atoms with E-state index in [4.69, 9.17) is 0 Å². The monoisotopic (exact) mass is 384 g/mol. The van der Waals surface area contributed by atoms with Crippen LogP contribution in [0.2, 0.25) is 0 Å². The maximum absolute atomic E-state index is 12.6. The number of H-pyrrole nitrogens is 2. The molecule has 0 aliphatic heterocycles. The third-order valence-electron chi connectivity index (χ3n) is 7.58. The number of sulfone groups is 1. The van der Waals surface area contributed by atoms with E-state index in [0.29, 0.717) is 5.75 Å². The van der Waals surface area contributed by atoms with E-state index < -0.39 is 9.84 Å². The summed E-state index contributed by atoms with van der Waals surface area (Å²) in [7, 11) is -2.89. The number of hydrogen-bond acceptors (Lipinski definition) is 4. The summed E-state index contributed by atoms with van der Waals surface area (Å²) in [6.07, 6.45) is 11.7. The van der Waals surface area contributed by atoms with E-state index in [1.807, 2.05) is 18.5 Å². The standard InChI is InChI=1S/C20H24N4O2S/c25-27(26,13-1-2-13)12-19-4-7-20(8-5-19,9-6-19)17-16-14-3-10-21-18(14)22-11-15(16)23-24-17/h3,10-11,13,23-24H,1-2,4-9,12H2. The van der Waals surface area contributed by atoms with Crippen LogP contribution in [0.3, 0.4) is 0 Å². The molecule has 7 rings (SSSR count). The zero-order chi connectivity index (χ0) is 18.3. The number of nitrogens with one attached hydrogen (secondary N) is 2. The summed E-state index contributed by atoms with van der Waals surface area (Å²) in [5.74, 6) is 0.416. The van der Waals surface area contributed by atoms with Gasteiger partial charge in [-0.3, -0.25) is 5.10 Å². The van der Waals surface area contributed by atoms with Crippen LogP contribution in [0, 0.1) is 5.41 Å². The van der Waals surface area contributed by atoms with E-state index in [1.165, 1.54) is 11.1 Å². The molecule has 4 aliphatic carbocycles. The first-order chi connectivity index (χ1) is 13.0. The zero-order valence-electron chi connectivity index (χ0n) is 15.3. The maximum Gasteiger partial charge on any atom is 0.159 e. The number of nitrogens with zero attached hydrogens (tertiary/aromatic N) is 2. The van der Waals surface area contributed by atoms with Crippen molar-refractivity contribution in [3.63, 3.8) is 0 Å². The molecule has 7 heteroatoms. The molecule has 3 heterocycles. The molecule has 0 amide bonds. The molecule has 0 spiro atoms. The van der Waals surface area contributed by atoms with E-state index >= 15 is 0 Å². The smallest absolute Gasteiger partial charge is 0.159 e. The van der Waals surface area contributed by atoms with Gasteiger partial charge in [0.2, 0.25) is 0 Å². The number of hydrogen-bond donors (Lipinski definition) is 2. The minimum Gasteiger partial charge on any atom is -0.304 e. The first-order valence-electron chi connectivity index (χ1n) is 10.0. The lowest BCUT2D eigenvalue weighted by molar-refractivity contribution is 0.0565. The fraction of sp³-hybridized carbons (Fsp3) is 0.600. The number of aromatic amines is 2. The molecule has 0 saturated heterocycles. The highest BCUT2D eigenvalue weighted by atomic mass is 32.2. The maximum atomic E-state index is 12.6. The molecule has 0 unspecified atom stereocenters. The van der Waals surface area contributed by atoms with Crippen LogP contribution >= 0.6 is 0 Å². The molecule has 3 aromatic rings. The van der Waals surface area contributed by atoms with Crippen LogP contribution in [0.25, 0.3) is 21.9 Å². The van der Waals surface area contributed by atoms with Gasteiger partial charge in [0.15, 0.2) is 15.5 Å². The van der Waals surface area contributed by atoms with Gasteiger partial charge in [0, 0.05) is 28.1 Å². The average Bonchev–Trinajstić information content (AvgIpc) is 3.27. The molecule has 27 heavy (non-hydrogen) atoms. The van der Waals surface area contributed by atoms with E-state index in [-0.39, 0.29) is 16.1 Å². The predicted molar refractivity (Wildman–Crippen MR) is 104 cm³/mol. The van der Waals surface area contributed by atoms with Gasteiger partial charge < -0.3 is 5.10 Å². The number of fused-ring (bicyclic) bond motifs is 6. The van der Waals surface area contributed by atoms with Crippen molar-refractivity contribution in [1.82, 2.24) is 20.2 Å². The lowest BCUT2D eigenvalue weighted by Gasteiger charge is -2.53. The summed E-state index contributed by atoms with van der Waals surface area (Å²) in [5, 5.41) is 9.05. The zero-order valence-corrected chi connectivity index (χ0v) is 16.1. The van der Waals surface area contributed by atoms with E-state index in [2.05, 4.69) is 20.2 Å². The molecule has 4 fully saturated rings. The Morgan fingerprint density at radius 1 is 1.04 bits per heavy atom. The Balaban J connectivity index is 1.37. The SMILES string of the molecule is O=S(=O)(CC12CCC(c3[nH][nH]c4cnc5nccc5c34)(CC1)CC2)C1CC1. The van der Waals surface area contributed by atoms with Crippen molar-refractivity contribution in [2.75, 3.05) is 5.75 Å². The van der Waals surface area contributed by atoms with Gasteiger partial charge in [-0.2, -0.15) is 0 Å². The first kappa shape index (κ1) is 16.1. The van der Waals surface area contributed by atoms with Crippen LogP contribution in [0.15, 0.2) is 18.5 Å². The molecule has 4 saturated carbocycles. The Morgan fingerprint density at radius 3 is 2.48 bits per heavy atom. The van der Waals surface area contributed by atoms with Gasteiger partial charge in [-0.25, -0.2) is 18.4 Å². The Kier molecular flexibility index (Phi) is 3.06. The summed E-state index contributed by atoms with van der Waals surface area (Å²) < 4.78 is 25.2. The minimum absolute atomic E-state index is 0.0218. The van der Waals surface area contributed by atoms with Crippen LogP contribution in [-0.2, 0) is 15.3 Å². The highest BCUT2D eigenvalue weighted by Gasteiger charge is 2.53. The van der Waals surface area contributed by atoms with E-state index in [9.17, 15) is 8.42 Å². The summed E-state index contributed by atoms with van der Waals surface area (Å²) in [6, 6.07) is 2.05. The molecule has 142 valence electrons. The van der Waals surface area contributed by atoms with Gasteiger partial charge in [-0.05, 0) is 62.8 Å². The molecule has 0 aromatic carbocycles.